The minimum Gasteiger partial charge on any atom is -0.298 e. The minimum atomic E-state index is -0.618. The van der Waals surface area contributed by atoms with Gasteiger partial charge in [0, 0.05) is 10.9 Å². The molecule has 1 aromatic rings. The van der Waals surface area contributed by atoms with Crippen molar-refractivity contribution in [2.75, 3.05) is 0 Å². The molecule has 1 aromatic carbocycles. The molecule has 19 heavy (non-hydrogen) atoms. The van der Waals surface area contributed by atoms with E-state index in [9.17, 15) is 10.1 Å². The maximum absolute atomic E-state index is 12.5. The fraction of sp³-hybridized carbons (Fsp3) is 0.500. The van der Waals surface area contributed by atoms with Gasteiger partial charge in [-0.1, -0.05) is 36.6 Å². The number of carbonyl (C=O) groups is 1. The van der Waals surface area contributed by atoms with E-state index in [1.54, 1.807) is 24.3 Å². The van der Waals surface area contributed by atoms with E-state index >= 15 is 0 Å². The summed E-state index contributed by atoms with van der Waals surface area (Å²) in [5.41, 5.74) is 0.778. The maximum Gasteiger partial charge on any atom is 0.158 e. The fourth-order valence-corrected chi connectivity index (χ4v) is 3.69. The summed E-state index contributed by atoms with van der Waals surface area (Å²) in [6, 6.07) is 9.25. The number of nitriles is 1. The van der Waals surface area contributed by atoms with Gasteiger partial charge in [0.1, 0.15) is 5.92 Å². The molecule has 0 aromatic heterocycles. The van der Waals surface area contributed by atoms with Crippen LogP contribution in [0.4, 0.5) is 0 Å². The summed E-state index contributed by atoms with van der Waals surface area (Å²) in [6.45, 7) is 0. The summed E-state index contributed by atoms with van der Waals surface area (Å²) >= 11 is 5.85. The first-order valence-corrected chi connectivity index (χ1v) is 7.29. The smallest absolute Gasteiger partial charge is 0.158 e. The van der Waals surface area contributed by atoms with Gasteiger partial charge in [-0.25, -0.2) is 0 Å². The van der Waals surface area contributed by atoms with Crippen molar-refractivity contribution in [1.29, 1.82) is 5.26 Å². The molecule has 2 fully saturated rings. The second-order valence-corrected chi connectivity index (χ2v) is 6.09. The number of ketones is 1. The fourth-order valence-electron chi connectivity index (χ4n) is 3.56. The van der Waals surface area contributed by atoms with Gasteiger partial charge in [-0.05, 0) is 42.4 Å². The summed E-state index contributed by atoms with van der Waals surface area (Å²) in [7, 11) is 0. The van der Waals surface area contributed by atoms with Gasteiger partial charge in [0.25, 0.3) is 0 Å². The number of nitrogens with zero attached hydrogens (tertiary/aromatic N) is 1. The molecule has 0 bridgehead atoms. The lowest BCUT2D eigenvalue weighted by molar-refractivity contribution is -0.121. The third kappa shape index (κ3) is 2.28. The van der Waals surface area contributed by atoms with Gasteiger partial charge >= 0.3 is 0 Å². The topological polar surface area (TPSA) is 40.9 Å². The average Bonchev–Trinajstić information content (AvgIpc) is 3.16. The highest BCUT2D eigenvalue weighted by atomic mass is 35.5. The van der Waals surface area contributed by atoms with Crippen molar-refractivity contribution in [2.45, 2.75) is 31.6 Å². The lowest BCUT2D eigenvalue weighted by Gasteiger charge is -2.08. The molecular formula is C16H16ClNO. The van der Waals surface area contributed by atoms with Crippen molar-refractivity contribution in [1.82, 2.24) is 0 Å². The van der Waals surface area contributed by atoms with Gasteiger partial charge < -0.3 is 0 Å². The molecular weight excluding hydrogens is 258 g/mol. The predicted octanol–water partition coefficient (Wildman–Crippen LogP) is 3.95. The molecule has 2 aliphatic carbocycles. The van der Waals surface area contributed by atoms with Crippen LogP contribution in [-0.2, 0) is 4.79 Å². The number of benzene rings is 1. The Morgan fingerprint density at radius 2 is 1.79 bits per heavy atom. The molecule has 3 heteroatoms. The molecule has 0 amide bonds. The lowest BCUT2D eigenvalue weighted by Crippen LogP contribution is -2.14. The highest BCUT2D eigenvalue weighted by Gasteiger charge is 2.55. The van der Waals surface area contributed by atoms with Gasteiger partial charge in [-0.2, -0.15) is 5.26 Å². The van der Waals surface area contributed by atoms with E-state index in [2.05, 4.69) is 6.07 Å². The van der Waals surface area contributed by atoms with E-state index < -0.39 is 5.92 Å². The van der Waals surface area contributed by atoms with Crippen molar-refractivity contribution in [3.8, 4) is 6.07 Å². The molecule has 0 radical (unpaired) electrons. The summed E-state index contributed by atoms with van der Waals surface area (Å²) in [6.07, 6.45) is 4.81. The van der Waals surface area contributed by atoms with Gasteiger partial charge in [0.15, 0.2) is 5.78 Å². The summed E-state index contributed by atoms with van der Waals surface area (Å²) < 4.78 is 0. The second kappa shape index (κ2) is 4.98. The van der Waals surface area contributed by atoms with Crippen LogP contribution in [0.3, 0.4) is 0 Å². The molecule has 0 spiro atoms. The number of rotatable bonds is 3. The zero-order valence-electron chi connectivity index (χ0n) is 10.7. The zero-order valence-corrected chi connectivity index (χ0v) is 11.4. The number of Topliss-reactive ketones (excluding diaryl/α,β-unsaturated/α-hetero) is 1. The van der Waals surface area contributed by atoms with Crippen molar-refractivity contribution < 1.29 is 4.79 Å². The Kier molecular flexibility index (Phi) is 3.33. The van der Waals surface area contributed by atoms with Crippen molar-refractivity contribution in [2.24, 2.45) is 17.8 Å². The Morgan fingerprint density at radius 1 is 1.21 bits per heavy atom. The minimum absolute atomic E-state index is 0.127. The molecule has 2 aliphatic rings. The molecule has 0 heterocycles. The number of fused-ring (bicyclic) bond motifs is 1. The standard InChI is InChI=1S/C16H16ClNO/c17-11-7-5-10(6-8-11)14(9-18)16(19)15-12-3-1-2-4-13(12)15/h5-8,12-15H,1-4H2. The predicted molar refractivity (Wildman–Crippen MR) is 73.8 cm³/mol. The van der Waals surface area contributed by atoms with Crippen LogP contribution in [0.5, 0.6) is 0 Å². The largest absolute Gasteiger partial charge is 0.298 e. The van der Waals surface area contributed by atoms with Crippen LogP contribution in [-0.4, -0.2) is 5.78 Å². The van der Waals surface area contributed by atoms with E-state index in [1.807, 2.05) is 0 Å². The van der Waals surface area contributed by atoms with Crippen molar-refractivity contribution in [3.63, 3.8) is 0 Å². The number of hydrogen-bond acceptors (Lipinski definition) is 2. The van der Waals surface area contributed by atoms with Crippen molar-refractivity contribution in [3.05, 3.63) is 34.9 Å². The van der Waals surface area contributed by atoms with E-state index in [-0.39, 0.29) is 11.7 Å². The third-order valence-electron chi connectivity index (χ3n) is 4.60. The normalized spacial score (nSPS) is 30.0. The molecule has 2 saturated carbocycles. The molecule has 0 saturated heterocycles. The Bertz CT molecular complexity index is 519. The Balaban J connectivity index is 1.78. The van der Waals surface area contributed by atoms with Crippen LogP contribution >= 0.6 is 11.6 Å². The van der Waals surface area contributed by atoms with E-state index in [0.717, 1.165) is 5.56 Å². The third-order valence-corrected chi connectivity index (χ3v) is 4.85. The van der Waals surface area contributed by atoms with E-state index in [1.165, 1.54) is 25.7 Å². The SMILES string of the molecule is N#CC(C(=O)C1C2CCCCC21)c1ccc(Cl)cc1. The van der Waals surface area contributed by atoms with E-state index in [0.29, 0.717) is 16.9 Å². The summed E-state index contributed by atoms with van der Waals surface area (Å²) in [4.78, 5) is 12.5. The van der Waals surface area contributed by atoms with E-state index in [4.69, 9.17) is 11.6 Å². The molecule has 0 aliphatic heterocycles. The quantitative estimate of drug-likeness (QED) is 0.837. The van der Waals surface area contributed by atoms with Crippen LogP contribution in [0.25, 0.3) is 0 Å². The van der Waals surface area contributed by atoms with Crippen LogP contribution in [0, 0.1) is 29.1 Å². The Labute approximate surface area is 118 Å². The van der Waals surface area contributed by atoms with Crippen LogP contribution in [0.1, 0.15) is 37.2 Å². The molecule has 3 unspecified atom stereocenters. The summed E-state index contributed by atoms with van der Waals surface area (Å²) in [5, 5.41) is 9.96. The van der Waals surface area contributed by atoms with Gasteiger partial charge in [-0.15, -0.1) is 0 Å². The van der Waals surface area contributed by atoms with Crippen LogP contribution in [0.15, 0.2) is 24.3 Å². The van der Waals surface area contributed by atoms with Crippen LogP contribution in [0.2, 0.25) is 5.02 Å². The first-order chi connectivity index (χ1) is 9.22. The highest BCUT2D eigenvalue weighted by molar-refractivity contribution is 6.30. The zero-order chi connectivity index (χ0) is 13.4. The molecule has 3 rings (SSSR count). The second-order valence-electron chi connectivity index (χ2n) is 5.65. The number of carbonyl (C=O) groups excluding carboxylic acids is 1. The van der Waals surface area contributed by atoms with Crippen molar-refractivity contribution >= 4 is 17.4 Å². The monoisotopic (exact) mass is 273 g/mol. The van der Waals surface area contributed by atoms with Gasteiger partial charge in [0.05, 0.1) is 6.07 Å². The first-order valence-electron chi connectivity index (χ1n) is 6.91. The number of hydrogen-bond donors (Lipinski definition) is 0. The maximum atomic E-state index is 12.5. The average molecular weight is 274 g/mol. The molecule has 0 N–H and O–H groups in total. The van der Waals surface area contributed by atoms with Gasteiger partial charge in [-0.3, -0.25) is 4.79 Å². The molecule has 98 valence electrons. The Morgan fingerprint density at radius 3 is 2.32 bits per heavy atom. The summed E-state index contributed by atoms with van der Waals surface area (Å²) in [5.74, 6) is 0.770. The van der Waals surface area contributed by atoms with Gasteiger partial charge in [0.2, 0.25) is 0 Å². The molecule has 3 atom stereocenters. The van der Waals surface area contributed by atoms with Crippen LogP contribution < -0.4 is 0 Å². The first kappa shape index (κ1) is 12.7. The Hall–Kier alpha value is -1.33. The number of halogens is 1. The lowest BCUT2D eigenvalue weighted by atomic mass is 9.92. The molecule has 2 nitrogen and oxygen atoms in total. The highest BCUT2D eigenvalue weighted by Crippen LogP contribution is 2.57.